The molecular weight excluding hydrogens is 305 g/mol. The number of halogens is 1. The van der Waals surface area contributed by atoms with Crippen molar-refractivity contribution in [2.45, 2.75) is 51.1 Å². The van der Waals surface area contributed by atoms with E-state index in [9.17, 15) is 9.18 Å². The number of hydrogen-bond donors (Lipinski definition) is 2. The van der Waals surface area contributed by atoms with Gasteiger partial charge in [0, 0.05) is 37.8 Å². The van der Waals surface area contributed by atoms with Crippen LogP contribution in [0.15, 0.2) is 24.3 Å². The molecule has 0 radical (unpaired) electrons. The summed E-state index contributed by atoms with van der Waals surface area (Å²) in [5.41, 5.74) is 1.12. The van der Waals surface area contributed by atoms with Gasteiger partial charge in [-0.25, -0.2) is 4.39 Å². The number of rotatable bonds is 5. The fourth-order valence-electron chi connectivity index (χ4n) is 3.95. The third kappa shape index (κ3) is 4.69. The normalized spacial score (nSPS) is 27.2. The lowest BCUT2D eigenvalue weighted by Gasteiger charge is -2.30. The number of nitrogens with one attached hydrogen (secondary N) is 2. The van der Waals surface area contributed by atoms with Gasteiger partial charge in [-0.2, -0.15) is 0 Å². The van der Waals surface area contributed by atoms with E-state index in [1.165, 1.54) is 18.6 Å². The summed E-state index contributed by atoms with van der Waals surface area (Å²) in [6.07, 6.45) is 5.61. The maximum atomic E-state index is 13.0. The topological polar surface area (TPSA) is 44.4 Å². The van der Waals surface area contributed by atoms with Gasteiger partial charge < -0.3 is 15.5 Å². The Morgan fingerprint density at radius 2 is 1.79 bits per heavy atom. The molecule has 24 heavy (non-hydrogen) atoms. The molecule has 4 nitrogen and oxygen atoms in total. The second-order valence-electron chi connectivity index (χ2n) is 7.23. The van der Waals surface area contributed by atoms with Gasteiger partial charge in [0.15, 0.2) is 0 Å². The van der Waals surface area contributed by atoms with E-state index in [0.29, 0.717) is 18.0 Å². The van der Waals surface area contributed by atoms with Gasteiger partial charge in [0.2, 0.25) is 5.91 Å². The first kappa shape index (κ1) is 17.2. The summed E-state index contributed by atoms with van der Waals surface area (Å²) in [4.78, 5) is 13.5. The standard InChI is InChI=1S/C19H28FN3O/c1-14(24)22-18-6-4-17(5-7-18)21-12-15-10-11-23(13-15)19-8-2-16(20)3-9-19/h2-3,8-9,15,17-18,21H,4-7,10-13H2,1H3,(H,22,24)/t15-,17?,18?/m0/s1. The minimum Gasteiger partial charge on any atom is -0.371 e. The Morgan fingerprint density at radius 1 is 1.12 bits per heavy atom. The molecule has 1 aromatic rings. The molecule has 1 aromatic carbocycles. The molecule has 1 aliphatic heterocycles. The van der Waals surface area contributed by atoms with Gasteiger partial charge in [-0.1, -0.05) is 0 Å². The first-order valence-electron chi connectivity index (χ1n) is 9.11. The summed E-state index contributed by atoms with van der Waals surface area (Å²) in [7, 11) is 0. The number of amides is 1. The van der Waals surface area contributed by atoms with E-state index in [1.807, 2.05) is 12.1 Å². The van der Waals surface area contributed by atoms with Crippen LogP contribution < -0.4 is 15.5 Å². The summed E-state index contributed by atoms with van der Waals surface area (Å²) in [5.74, 6) is 0.562. The lowest BCUT2D eigenvalue weighted by Crippen LogP contribution is -2.42. The SMILES string of the molecule is CC(=O)NC1CCC(NC[C@@H]2CCN(c3ccc(F)cc3)C2)CC1. The van der Waals surface area contributed by atoms with E-state index in [-0.39, 0.29) is 11.7 Å². The first-order chi connectivity index (χ1) is 11.6. The number of carbonyl (C=O) groups excluding carboxylic acids is 1. The zero-order valence-corrected chi connectivity index (χ0v) is 14.4. The van der Waals surface area contributed by atoms with Crippen molar-refractivity contribution in [3.05, 3.63) is 30.1 Å². The van der Waals surface area contributed by atoms with E-state index in [2.05, 4.69) is 15.5 Å². The van der Waals surface area contributed by atoms with E-state index >= 15 is 0 Å². The highest BCUT2D eigenvalue weighted by Crippen LogP contribution is 2.24. The van der Waals surface area contributed by atoms with Gasteiger partial charge in [0.05, 0.1) is 0 Å². The molecule has 2 aliphatic rings. The molecule has 0 spiro atoms. The molecule has 5 heteroatoms. The van der Waals surface area contributed by atoms with Gasteiger partial charge in [-0.15, -0.1) is 0 Å². The Balaban J connectivity index is 1.38. The summed E-state index contributed by atoms with van der Waals surface area (Å²) in [6, 6.07) is 7.75. The van der Waals surface area contributed by atoms with E-state index in [0.717, 1.165) is 51.0 Å². The number of hydrogen-bond acceptors (Lipinski definition) is 3. The van der Waals surface area contributed by atoms with Crippen molar-refractivity contribution >= 4 is 11.6 Å². The Kier molecular flexibility index (Phi) is 5.72. The Hall–Kier alpha value is -1.62. The molecular formula is C19H28FN3O. The highest BCUT2D eigenvalue weighted by molar-refractivity contribution is 5.73. The minimum atomic E-state index is -0.175. The van der Waals surface area contributed by atoms with Crippen molar-refractivity contribution in [3.63, 3.8) is 0 Å². The summed E-state index contributed by atoms with van der Waals surface area (Å²) < 4.78 is 13.0. The van der Waals surface area contributed by atoms with Crippen LogP contribution in [-0.2, 0) is 4.79 Å². The lowest BCUT2D eigenvalue weighted by molar-refractivity contribution is -0.119. The molecule has 1 saturated heterocycles. The van der Waals surface area contributed by atoms with Crippen molar-refractivity contribution in [3.8, 4) is 0 Å². The smallest absolute Gasteiger partial charge is 0.217 e. The summed E-state index contributed by atoms with van der Waals surface area (Å²) in [6.45, 7) is 4.73. The Morgan fingerprint density at radius 3 is 2.46 bits per heavy atom. The van der Waals surface area contributed by atoms with Gasteiger partial charge in [0.1, 0.15) is 5.82 Å². The van der Waals surface area contributed by atoms with E-state index < -0.39 is 0 Å². The van der Waals surface area contributed by atoms with Gasteiger partial charge in [0.25, 0.3) is 0 Å². The Bertz CT molecular complexity index is 540. The molecule has 1 aliphatic carbocycles. The molecule has 1 atom stereocenters. The predicted octanol–water partition coefficient (Wildman–Crippen LogP) is 2.69. The van der Waals surface area contributed by atoms with Crippen LogP contribution in [0, 0.1) is 11.7 Å². The highest BCUT2D eigenvalue weighted by atomic mass is 19.1. The largest absolute Gasteiger partial charge is 0.371 e. The van der Waals surface area contributed by atoms with E-state index in [4.69, 9.17) is 0 Å². The van der Waals surface area contributed by atoms with Crippen molar-refractivity contribution in [1.82, 2.24) is 10.6 Å². The molecule has 0 unspecified atom stereocenters. The minimum absolute atomic E-state index is 0.0817. The van der Waals surface area contributed by atoms with Gasteiger partial charge in [-0.3, -0.25) is 4.79 Å². The average Bonchev–Trinajstić information content (AvgIpc) is 3.03. The van der Waals surface area contributed by atoms with Crippen LogP contribution in [0.1, 0.15) is 39.0 Å². The zero-order valence-electron chi connectivity index (χ0n) is 14.4. The highest BCUT2D eigenvalue weighted by Gasteiger charge is 2.25. The van der Waals surface area contributed by atoms with Crippen LogP contribution in [0.3, 0.4) is 0 Å². The number of anilines is 1. The molecule has 3 rings (SSSR count). The van der Waals surface area contributed by atoms with Crippen LogP contribution in [0.2, 0.25) is 0 Å². The van der Waals surface area contributed by atoms with Crippen molar-refractivity contribution in [1.29, 1.82) is 0 Å². The van der Waals surface area contributed by atoms with Crippen molar-refractivity contribution < 1.29 is 9.18 Å². The fraction of sp³-hybridized carbons (Fsp3) is 0.632. The molecule has 0 bridgehead atoms. The quantitative estimate of drug-likeness (QED) is 0.871. The molecule has 1 saturated carbocycles. The third-order valence-electron chi connectivity index (χ3n) is 5.31. The van der Waals surface area contributed by atoms with Gasteiger partial charge in [-0.05, 0) is 68.8 Å². The zero-order chi connectivity index (χ0) is 16.9. The van der Waals surface area contributed by atoms with Gasteiger partial charge >= 0.3 is 0 Å². The second-order valence-corrected chi connectivity index (χ2v) is 7.23. The van der Waals surface area contributed by atoms with Crippen LogP contribution in [0.25, 0.3) is 0 Å². The molecule has 0 aromatic heterocycles. The summed E-state index contributed by atoms with van der Waals surface area (Å²) in [5, 5.41) is 6.75. The van der Waals surface area contributed by atoms with Crippen LogP contribution in [-0.4, -0.2) is 37.6 Å². The molecule has 1 heterocycles. The number of nitrogens with zero attached hydrogens (tertiary/aromatic N) is 1. The molecule has 2 N–H and O–H groups in total. The molecule has 2 fully saturated rings. The summed E-state index contributed by atoms with van der Waals surface area (Å²) >= 11 is 0. The number of benzene rings is 1. The fourth-order valence-corrected chi connectivity index (χ4v) is 3.95. The third-order valence-corrected chi connectivity index (χ3v) is 5.31. The molecule has 1 amide bonds. The predicted molar refractivity (Wildman–Crippen MR) is 94.6 cm³/mol. The number of carbonyl (C=O) groups is 1. The lowest BCUT2D eigenvalue weighted by atomic mass is 9.91. The Labute approximate surface area is 143 Å². The maximum absolute atomic E-state index is 13.0. The van der Waals surface area contributed by atoms with Crippen molar-refractivity contribution in [2.24, 2.45) is 5.92 Å². The van der Waals surface area contributed by atoms with Crippen molar-refractivity contribution in [2.75, 3.05) is 24.5 Å². The van der Waals surface area contributed by atoms with E-state index in [1.54, 1.807) is 6.92 Å². The maximum Gasteiger partial charge on any atom is 0.217 e. The average molecular weight is 333 g/mol. The molecule has 132 valence electrons. The monoisotopic (exact) mass is 333 g/mol. The second kappa shape index (κ2) is 7.97. The first-order valence-corrected chi connectivity index (χ1v) is 9.11. The van der Waals surface area contributed by atoms with Crippen LogP contribution in [0.4, 0.5) is 10.1 Å². The van der Waals surface area contributed by atoms with Crippen LogP contribution >= 0.6 is 0 Å². The van der Waals surface area contributed by atoms with Crippen LogP contribution in [0.5, 0.6) is 0 Å².